The number of rotatable bonds is 9. The molecule has 1 heterocycles. The first-order valence-corrected chi connectivity index (χ1v) is 11.8. The minimum absolute atomic E-state index is 0.0838. The number of nitro groups is 1. The smallest absolute Gasteiger partial charge is 0.344 e. The quantitative estimate of drug-likeness (QED) is 0.164. The fourth-order valence-electron chi connectivity index (χ4n) is 3.21. The molecule has 3 aromatic rings. The summed E-state index contributed by atoms with van der Waals surface area (Å²) in [7, 11) is 0. The molecule has 0 unspecified atom stereocenters. The highest BCUT2D eigenvalue weighted by atomic mass is 79.9. The number of halogens is 1. The van der Waals surface area contributed by atoms with Crippen molar-refractivity contribution in [2.45, 2.75) is 46.1 Å². The number of fused-ring (bicyclic) bond motifs is 1. The molecule has 35 heavy (non-hydrogen) atoms. The van der Waals surface area contributed by atoms with E-state index in [4.69, 9.17) is 9.47 Å². The first-order chi connectivity index (χ1) is 16.6. The molecule has 3 rings (SSSR count). The molecule has 0 aliphatic carbocycles. The molecule has 0 N–H and O–H groups in total. The molecule has 0 saturated heterocycles. The topological polar surface area (TPSA) is 126 Å². The van der Waals surface area contributed by atoms with Crippen LogP contribution in [-0.4, -0.2) is 39.5 Å². The van der Waals surface area contributed by atoms with Crippen molar-refractivity contribution < 1.29 is 19.2 Å². The van der Waals surface area contributed by atoms with E-state index in [0.717, 1.165) is 4.47 Å². The Morgan fingerprint density at radius 3 is 2.66 bits per heavy atom. The van der Waals surface area contributed by atoms with E-state index in [2.05, 4.69) is 26.0 Å². The lowest BCUT2D eigenvalue weighted by Crippen LogP contribution is -2.24. The maximum absolute atomic E-state index is 13.3. The van der Waals surface area contributed by atoms with Gasteiger partial charge in [-0.1, -0.05) is 29.8 Å². The van der Waals surface area contributed by atoms with E-state index in [1.54, 1.807) is 32.0 Å². The summed E-state index contributed by atoms with van der Waals surface area (Å²) in [4.78, 5) is 40.6. The van der Waals surface area contributed by atoms with Crippen LogP contribution in [0.4, 0.5) is 5.69 Å². The number of hydrogen-bond acceptors (Lipinski definition) is 8. The van der Waals surface area contributed by atoms with Gasteiger partial charge >= 0.3 is 5.97 Å². The molecule has 0 spiro atoms. The second-order valence-corrected chi connectivity index (χ2v) is 9.02. The van der Waals surface area contributed by atoms with E-state index < -0.39 is 10.9 Å². The predicted molar refractivity (Wildman–Crippen MR) is 135 cm³/mol. The average Bonchev–Trinajstić information content (AvgIpc) is 2.81. The van der Waals surface area contributed by atoms with Gasteiger partial charge in [0, 0.05) is 28.1 Å². The molecule has 0 aliphatic heterocycles. The van der Waals surface area contributed by atoms with Gasteiger partial charge in [-0.3, -0.25) is 14.9 Å². The van der Waals surface area contributed by atoms with E-state index in [-0.39, 0.29) is 41.2 Å². The minimum atomic E-state index is -0.583. The van der Waals surface area contributed by atoms with Crippen LogP contribution in [0.15, 0.2) is 50.8 Å². The molecular formula is C24H25BrN4O6. The van der Waals surface area contributed by atoms with Crippen molar-refractivity contribution in [2.75, 3.05) is 6.61 Å². The van der Waals surface area contributed by atoms with Crippen LogP contribution < -0.4 is 10.3 Å². The van der Waals surface area contributed by atoms with Crippen molar-refractivity contribution >= 4 is 44.7 Å². The van der Waals surface area contributed by atoms with Crippen molar-refractivity contribution in [2.24, 2.45) is 5.10 Å². The molecule has 0 amide bonds. The van der Waals surface area contributed by atoms with Crippen molar-refractivity contribution in [3.05, 3.63) is 72.7 Å². The molecule has 0 saturated carbocycles. The molecule has 10 nitrogen and oxygen atoms in total. The van der Waals surface area contributed by atoms with Crippen molar-refractivity contribution in [3.8, 4) is 5.75 Å². The van der Waals surface area contributed by atoms with E-state index in [1.165, 1.54) is 29.1 Å². The lowest BCUT2D eigenvalue weighted by molar-refractivity contribution is -0.384. The highest BCUT2D eigenvalue weighted by molar-refractivity contribution is 9.10. The maximum atomic E-state index is 13.3. The summed E-state index contributed by atoms with van der Waals surface area (Å²) in [5, 5.41) is 16.0. The summed E-state index contributed by atoms with van der Waals surface area (Å²) in [5.74, 6) is -0.0352. The summed E-state index contributed by atoms with van der Waals surface area (Å²) in [6.07, 6.45) is 1.69. The number of nitro benzene ring substituents is 1. The van der Waals surface area contributed by atoms with Crippen LogP contribution in [0.3, 0.4) is 0 Å². The largest absolute Gasteiger partial charge is 0.481 e. The summed E-state index contributed by atoms with van der Waals surface area (Å²) < 4.78 is 12.5. The monoisotopic (exact) mass is 544 g/mol. The highest BCUT2D eigenvalue weighted by Gasteiger charge is 2.17. The molecule has 11 heteroatoms. The lowest BCUT2D eigenvalue weighted by atomic mass is 10.1. The Balaban J connectivity index is 2.09. The zero-order valence-electron chi connectivity index (χ0n) is 19.7. The number of hydrogen-bond donors (Lipinski definition) is 0. The van der Waals surface area contributed by atoms with Gasteiger partial charge in [-0.15, -0.1) is 0 Å². The Hall–Kier alpha value is -3.60. The van der Waals surface area contributed by atoms with Crippen LogP contribution in [0.25, 0.3) is 10.9 Å². The number of carbonyl (C=O) groups is 1. The second kappa shape index (κ2) is 11.2. The molecule has 1 atom stereocenters. The molecule has 0 radical (unpaired) electrons. The fraction of sp³-hybridized carbons (Fsp3) is 0.333. The Morgan fingerprint density at radius 1 is 1.26 bits per heavy atom. The number of esters is 1. The van der Waals surface area contributed by atoms with Gasteiger partial charge in [-0.25, -0.2) is 9.78 Å². The normalized spacial score (nSPS) is 12.3. The fourth-order valence-corrected chi connectivity index (χ4v) is 3.58. The number of non-ortho nitro benzene ring substituents is 1. The third-order valence-corrected chi connectivity index (χ3v) is 5.61. The van der Waals surface area contributed by atoms with E-state index in [1.807, 2.05) is 13.8 Å². The third-order valence-electron chi connectivity index (χ3n) is 5.12. The first-order valence-electron chi connectivity index (χ1n) is 11.0. The number of carbonyl (C=O) groups excluding carboxylic acids is 1. The average molecular weight is 545 g/mol. The Labute approximate surface area is 209 Å². The van der Waals surface area contributed by atoms with Gasteiger partial charge in [-0.2, -0.15) is 9.78 Å². The first kappa shape index (κ1) is 26.0. The standard InChI is InChI=1S/C24H25BrN4O6/c1-5-15(4)23-27-20-8-6-17(25)11-19(20)24(31)28(23)26-12-16-10-18(29(32)33)7-9-21(16)34-13-22(30)35-14(2)3/h6-12,14-15H,5,13H2,1-4H3/t15-/m0/s1. The van der Waals surface area contributed by atoms with Crippen LogP contribution in [0.5, 0.6) is 5.75 Å². The molecule has 1 aromatic heterocycles. The zero-order chi connectivity index (χ0) is 25.7. The number of benzene rings is 2. The Morgan fingerprint density at radius 2 is 2.00 bits per heavy atom. The van der Waals surface area contributed by atoms with E-state index in [9.17, 15) is 19.7 Å². The SMILES string of the molecule is CC[C@H](C)c1nc2ccc(Br)cc2c(=O)n1N=Cc1cc([N+](=O)[O-])ccc1OCC(=O)OC(C)C. The third kappa shape index (κ3) is 6.30. The van der Waals surface area contributed by atoms with Crippen LogP contribution >= 0.6 is 15.9 Å². The summed E-state index contributed by atoms with van der Waals surface area (Å²) in [6, 6.07) is 9.11. The van der Waals surface area contributed by atoms with Crippen LogP contribution in [0, 0.1) is 10.1 Å². The molecular weight excluding hydrogens is 520 g/mol. The van der Waals surface area contributed by atoms with E-state index >= 15 is 0 Å². The maximum Gasteiger partial charge on any atom is 0.344 e. The van der Waals surface area contributed by atoms with Gasteiger partial charge in [-0.05, 0) is 44.5 Å². The Kier molecular flexibility index (Phi) is 8.34. The number of ether oxygens (including phenoxy) is 2. The number of nitrogens with zero attached hydrogens (tertiary/aromatic N) is 4. The molecule has 184 valence electrons. The van der Waals surface area contributed by atoms with Crippen LogP contribution in [0.2, 0.25) is 0 Å². The van der Waals surface area contributed by atoms with Gasteiger partial charge in [0.25, 0.3) is 11.2 Å². The zero-order valence-corrected chi connectivity index (χ0v) is 21.3. The van der Waals surface area contributed by atoms with Crippen molar-refractivity contribution in [1.82, 2.24) is 9.66 Å². The second-order valence-electron chi connectivity index (χ2n) is 8.11. The lowest BCUT2D eigenvalue weighted by Gasteiger charge is -2.14. The molecule has 0 fully saturated rings. The van der Waals surface area contributed by atoms with Gasteiger partial charge in [0.2, 0.25) is 0 Å². The van der Waals surface area contributed by atoms with Crippen molar-refractivity contribution in [1.29, 1.82) is 0 Å². The summed E-state index contributed by atoms with van der Waals surface area (Å²) in [5.41, 5.74) is 0.186. The van der Waals surface area contributed by atoms with Gasteiger partial charge < -0.3 is 9.47 Å². The van der Waals surface area contributed by atoms with Gasteiger partial charge in [0.05, 0.1) is 28.1 Å². The molecule has 0 bridgehead atoms. The van der Waals surface area contributed by atoms with Crippen LogP contribution in [-0.2, 0) is 9.53 Å². The summed E-state index contributed by atoms with van der Waals surface area (Å²) in [6.45, 7) is 6.94. The Bertz CT molecular complexity index is 1350. The van der Waals surface area contributed by atoms with Gasteiger partial charge in [0.1, 0.15) is 11.6 Å². The molecule has 0 aliphatic rings. The van der Waals surface area contributed by atoms with Crippen LogP contribution in [0.1, 0.15) is 51.4 Å². The predicted octanol–water partition coefficient (Wildman–Crippen LogP) is 4.79. The van der Waals surface area contributed by atoms with Crippen molar-refractivity contribution in [3.63, 3.8) is 0 Å². The van der Waals surface area contributed by atoms with E-state index in [0.29, 0.717) is 23.1 Å². The van der Waals surface area contributed by atoms with Gasteiger partial charge in [0.15, 0.2) is 6.61 Å². The minimum Gasteiger partial charge on any atom is -0.481 e. The number of aromatic nitrogens is 2. The molecule has 2 aromatic carbocycles. The highest BCUT2D eigenvalue weighted by Crippen LogP contribution is 2.24. The summed E-state index contributed by atoms with van der Waals surface area (Å²) >= 11 is 3.37.